The van der Waals surface area contributed by atoms with Gasteiger partial charge in [0.25, 0.3) is 0 Å². The summed E-state index contributed by atoms with van der Waals surface area (Å²) >= 11 is 0. The average molecular weight is 317 g/mol. The number of carbonyl (C=O) groups excluding carboxylic acids is 1. The summed E-state index contributed by atoms with van der Waals surface area (Å²) in [4.78, 5) is 12.2. The summed E-state index contributed by atoms with van der Waals surface area (Å²) in [5, 5.41) is 0. The van der Waals surface area contributed by atoms with Crippen LogP contribution in [0.2, 0.25) is 0 Å². The molecule has 4 fully saturated rings. The van der Waals surface area contributed by atoms with Gasteiger partial charge in [0.1, 0.15) is 5.78 Å². The van der Waals surface area contributed by atoms with E-state index < -0.39 is 0 Å². The van der Waals surface area contributed by atoms with Crippen molar-refractivity contribution in [1.82, 2.24) is 0 Å². The maximum absolute atomic E-state index is 12.2. The minimum absolute atomic E-state index is 0.332. The molecule has 130 valence electrons. The van der Waals surface area contributed by atoms with Gasteiger partial charge in [0.15, 0.2) is 0 Å². The fourth-order valence-corrected chi connectivity index (χ4v) is 8.14. The first-order valence-corrected chi connectivity index (χ1v) is 10.4. The molecule has 1 nitrogen and oxygen atoms in total. The lowest BCUT2D eigenvalue weighted by atomic mass is 9.44. The van der Waals surface area contributed by atoms with Crippen molar-refractivity contribution in [1.29, 1.82) is 0 Å². The number of Topliss-reactive ketones (excluding diaryl/α,β-unsaturated/α-hetero) is 1. The second kappa shape index (κ2) is 5.33. The molecule has 0 heterocycles. The van der Waals surface area contributed by atoms with E-state index in [0.29, 0.717) is 22.5 Å². The van der Waals surface area contributed by atoms with Crippen LogP contribution >= 0.6 is 0 Å². The molecule has 0 radical (unpaired) electrons. The van der Waals surface area contributed by atoms with Crippen LogP contribution in [0.3, 0.4) is 0 Å². The molecule has 4 aliphatic rings. The largest absolute Gasteiger partial charge is 0.300 e. The van der Waals surface area contributed by atoms with Crippen LogP contribution in [0, 0.1) is 46.3 Å². The second-order valence-corrected chi connectivity index (χ2v) is 10.3. The zero-order valence-corrected chi connectivity index (χ0v) is 15.7. The Bertz CT molecular complexity index is 496. The van der Waals surface area contributed by atoms with Gasteiger partial charge in [0.2, 0.25) is 0 Å². The van der Waals surface area contributed by atoms with Crippen molar-refractivity contribution in [2.75, 3.05) is 0 Å². The molecule has 0 N–H and O–H groups in total. The molecule has 8 atom stereocenters. The van der Waals surface area contributed by atoms with Crippen LogP contribution in [0.1, 0.15) is 85.5 Å². The number of hydrogen-bond acceptors (Lipinski definition) is 1. The normalized spacial score (nSPS) is 55.7. The Morgan fingerprint density at radius 2 is 1.57 bits per heavy atom. The summed E-state index contributed by atoms with van der Waals surface area (Å²) in [6, 6.07) is 0. The Labute approximate surface area is 143 Å². The minimum Gasteiger partial charge on any atom is -0.300 e. The molecule has 2 unspecified atom stereocenters. The lowest BCUT2D eigenvalue weighted by Gasteiger charge is -2.61. The predicted molar refractivity (Wildman–Crippen MR) is 95.1 cm³/mol. The first kappa shape index (κ1) is 16.2. The molecule has 0 spiro atoms. The number of hydrogen-bond donors (Lipinski definition) is 0. The Kier molecular flexibility index (Phi) is 3.75. The molecule has 23 heavy (non-hydrogen) atoms. The van der Waals surface area contributed by atoms with Crippen molar-refractivity contribution in [2.45, 2.75) is 85.5 Å². The van der Waals surface area contributed by atoms with E-state index in [9.17, 15) is 4.79 Å². The number of carbonyl (C=O) groups is 1. The molecule has 4 saturated carbocycles. The van der Waals surface area contributed by atoms with Crippen LogP contribution in [-0.2, 0) is 4.79 Å². The van der Waals surface area contributed by atoms with E-state index >= 15 is 0 Å². The highest BCUT2D eigenvalue weighted by Gasteiger charge is 2.60. The van der Waals surface area contributed by atoms with E-state index in [-0.39, 0.29) is 0 Å². The molecule has 0 aromatic heterocycles. The topological polar surface area (TPSA) is 17.1 Å². The quantitative estimate of drug-likeness (QED) is 0.591. The van der Waals surface area contributed by atoms with Crippen molar-refractivity contribution < 1.29 is 4.79 Å². The molecule has 0 amide bonds. The predicted octanol–water partition coefficient (Wildman–Crippen LogP) is 5.87. The summed E-state index contributed by atoms with van der Waals surface area (Å²) in [7, 11) is 0. The first-order valence-electron chi connectivity index (χ1n) is 10.4. The fourth-order valence-electron chi connectivity index (χ4n) is 8.14. The monoisotopic (exact) mass is 316 g/mol. The van der Waals surface area contributed by atoms with Crippen LogP contribution in [0.15, 0.2) is 0 Å². The Morgan fingerprint density at radius 1 is 0.870 bits per heavy atom. The van der Waals surface area contributed by atoms with Crippen molar-refractivity contribution in [3.8, 4) is 0 Å². The fraction of sp³-hybridized carbons (Fsp3) is 0.955. The van der Waals surface area contributed by atoms with Crippen LogP contribution in [0.4, 0.5) is 0 Å². The minimum atomic E-state index is 0.332. The standard InChI is InChI=1S/C22H36O/c1-14-9-11-21(3)16(13-14)5-6-17-19-8-7-18(15(2)23)22(19,4)12-10-20(17)21/h14,16-20H,5-13H2,1-4H3/t14-,16?,17-,18+,19-,20?,21-,22+/m0/s1. The molecule has 0 saturated heterocycles. The molecule has 1 heteroatoms. The van der Waals surface area contributed by atoms with Crippen LogP contribution in [-0.4, -0.2) is 5.78 Å². The van der Waals surface area contributed by atoms with E-state index in [1.165, 1.54) is 57.8 Å². The van der Waals surface area contributed by atoms with E-state index in [4.69, 9.17) is 0 Å². The summed E-state index contributed by atoms with van der Waals surface area (Å²) < 4.78 is 0. The average Bonchev–Trinajstić information content (AvgIpc) is 2.85. The highest BCUT2D eigenvalue weighted by atomic mass is 16.1. The smallest absolute Gasteiger partial charge is 0.133 e. The molecular formula is C22H36O. The highest BCUT2D eigenvalue weighted by Crippen LogP contribution is 2.67. The van der Waals surface area contributed by atoms with Gasteiger partial charge in [-0.3, -0.25) is 4.79 Å². The third-order valence-electron chi connectivity index (χ3n) is 9.42. The summed E-state index contributed by atoms with van der Waals surface area (Å²) in [6.45, 7) is 9.45. The molecular weight excluding hydrogens is 280 g/mol. The zero-order valence-electron chi connectivity index (χ0n) is 15.7. The van der Waals surface area contributed by atoms with Crippen LogP contribution in [0.5, 0.6) is 0 Å². The van der Waals surface area contributed by atoms with Gasteiger partial charge in [-0.05, 0) is 98.7 Å². The molecule has 4 rings (SSSR count). The van der Waals surface area contributed by atoms with E-state index in [1.54, 1.807) is 0 Å². The van der Waals surface area contributed by atoms with Gasteiger partial charge < -0.3 is 0 Å². The molecule has 0 aromatic rings. The first-order chi connectivity index (χ1) is 10.9. The molecule has 0 aromatic carbocycles. The number of ketones is 1. The van der Waals surface area contributed by atoms with E-state index in [2.05, 4.69) is 20.8 Å². The van der Waals surface area contributed by atoms with Gasteiger partial charge in [0, 0.05) is 5.92 Å². The van der Waals surface area contributed by atoms with E-state index in [0.717, 1.165) is 29.6 Å². The summed E-state index contributed by atoms with van der Waals surface area (Å²) in [6.07, 6.45) is 12.6. The third-order valence-corrected chi connectivity index (χ3v) is 9.42. The Balaban J connectivity index is 1.61. The van der Waals surface area contributed by atoms with Gasteiger partial charge in [-0.15, -0.1) is 0 Å². The number of fused-ring (bicyclic) bond motifs is 5. The lowest BCUT2D eigenvalue weighted by molar-refractivity contribution is -0.135. The van der Waals surface area contributed by atoms with Crippen LogP contribution < -0.4 is 0 Å². The van der Waals surface area contributed by atoms with Gasteiger partial charge >= 0.3 is 0 Å². The Hall–Kier alpha value is -0.330. The van der Waals surface area contributed by atoms with Gasteiger partial charge in [-0.1, -0.05) is 27.2 Å². The van der Waals surface area contributed by atoms with Crippen molar-refractivity contribution >= 4 is 5.78 Å². The molecule has 0 bridgehead atoms. The van der Waals surface area contributed by atoms with Gasteiger partial charge in [-0.2, -0.15) is 0 Å². The maximum Gasteiger partial charge on any atom is 0.133 e. The van der Waals surface area contributed by atoms with Crippen LogP contribution in [0.25, 0.3) is 0 Å². The zero-order chi connectivity index (χ0) is 16.4. The van der Waals surface area contributed by atoms with Crippen molar-refractivity contribution in [3.05, 3.63) is 0 Å². The highest BCUT2D eigenvalue weighted by molar-refractivity contribution is 5.79. The summed E-state index contributed by atoms with van der Waals surface area (Å²) in [5.41, 5.74) is 0.948. The Morgan fingerprint density at radius 3 is 2.30 bits per heavy atom. The van der Waals surface area contributed by atoms with Gasteiger partial charge in [-0.25, -0.2) is 0 Å². The molecule has 4 aliphatic carbocycles. The number of rotatable bonds is 1. The summed E-state index contributed by atoms with van der Waals surface area (Å²) in [5.74, 6) is 5.50. The van der Waals surface area contributed by atoms with Crippen molar-refractivity contribution in [3.63, 3.8) is 0 Å². The lowest BCUT2D eigenvalue weighted by Crippen LogP contribution is -2.53. The van der Waals surface area contributed by atoms with E-state index in [1.807, 2.05) is 6.92 Å². The van der Waals surface area contributed by atoms with Gasteiger partial charge in [0.05, 0.1) is 0 Å². The SMILES string of the molecule is CC(=O)[C@H]1CC[C@H]2[C@@H]3CCC4C[C@@H](C)CC[C@]4(C)C3CC[C@]12C. The molecule has 0 aliphatic heterocycles. The van der Waals surface area contributed by atoms with Crippen molar-refractivity contribution in [2.24, 2.45) is 46.3 Å². The maximum atomic E-state index is 12.2. The third kappa shape index (κ3) is 2.20. The second-order valence-electron chi connectivity index (χ2n) is 10.3.